The minimum Gasteiger partial charge on any atom is -0.486 e. The van der Waals surface area contributed by atoms with Gasteiger partial charge in [0.1, 0.15) is 12.9 Å². The highest BCUT2D eigenvalue weighted by Gasteiger charge is 2.25. The molecule has 0 saturated carbocycles. The third kappa shape index (κ3) is 3.56. The monoisotopic (exact) mass is 416 g/mol. The summed E-state index contributed by atoms with van der Waals surface area (Å²) in [4.78, 5) is 19.6. The maximum absolute atomic E-state index is 12.7. The number of nitrogens with zero attached hydrogens (tertiary/aromatic N) is 4. The van der Waals surface area contributed by atoms with Crippen molar-refractivity contribution < 1.29 is 14.3 Å². The molecule has 0 aliphatic carbocycles. The van der Waals surface area contributed by atoms with E-state index >= 15 is 0 Å². The van der Waals surface area contributed by atoms with Gasteiger partial charge >= 0.3 is 5.97 Å². The Morgan fingerprint density at radius 1 is 1.03 bits per heavy atom. The lowest BCUT2D eigenvalue weighted by Crippen LogP contribution is -2.29. The third-order valence-electron chi connectivity index (χ3n) is 5.79. The van der Waals surface area contributed by atoms with Crippen molar-refractivity contribution in [1.29, 1.82) is 0 Å². The quantitative estimate of drug-likeness (QED) is 0.453. The second kappa shape index (κ2) is 8.26. The van der Waals surface area contributed by atoms with Gasteiger partial charge in [-0.2, -0.15) is 5.10 Å². The molecule has 7 heteroatoms. The summed E-state index contributed by atoms with van der Waals surface area (Å²) in [6.45, 7) is 2.42. The molecule has 0 amide bonds. The lowest BCUT2D eigenvalue weighted by Gasteiger charge is -2.29. The number of fused-ring (bicyclic) bond motifs is 3. The van der Waals surface area contributed by atoms with Crippen LogP contribution in [0.2, 0.25) is 0 Å². The minimum atomic E-state index is -0.513. The van der Waals surface area contributed by atoms with Gasteiger partial charge in [0.25, 0.3) is 0 Å². The van der Waals surface area contributed by atoms with E-state index in [0.29, 0.717) is 18.0 Å². The third-order valence-corrected chi connectivity index (χ3v) is 5.79. The summed E-state index contributed by atoms with van der Waals surface area (Å²) < 4.78 is 12.8. The van der Waals surface area contributed by atoms with E-state index in [0.717, 1.165) is 35.1 Å². The number of benzene rings is 2. The molecule has 1 fully saturated rings. The Labute approximate surface area is 180 Å². The van der Waals surface area contributed by atoms with Crippen LogP contribution >= 0.6 is 0 Å². The first-order valence-corrected chi connectivity index (χ1v) is 10.6. The van der Waals surface area contributed by atoms with E-state index in [2.05, 4.69) is 27.1 Å². The summed E-state index contributed by atoms with van der Waals surface area (Å²) in [5, 5.41) is 6.02. The molecule has 5 rings (SSSR count). The molecule has 0 N–H and O–H groups in total. The topological polar surface area (TPSA) is 69.0 Å². The highest BCUT2D eigenvalue weighted by Crippen LogP contribution is 2.36. The number of methoxy groups -OCH3 is 1. The van der Waals surface area contributed by atoms with Crippen molar-refractivity contribution in [1.82, 2.24) is 14.6 Å². The zero-order valence-electron chi connectivity index (χ0n) is 17.5. The number of esters is 1. The van der Waals surface area contributed by atoms with E-state index < -0.39 is 5.97 Å². The second-order valence-corrected chi connectivity index (χ2v) is 7.72. The van der Waals surface area contributed by atoms with Gasteiger partial charge in [-0.15, -0.1) is 0 Å². The van der Waals surface area contributed by atoms with Gasteiger partial charge in [0.05, 0.1) is 7.11 Å². The van der Waals surface area contributed by atoms with Crippen molar-refractivity contribution in [3.63, 3.8) is 0 Å². The predicted molar refractivity (Wildman–Crippen MR) is 119 cm³/mol. The van der Waals surface area contributed by atoms with Gasteiger partial charge in [0.2, 0.25) is 0 Å². The molecular formula is C24H24N4O3. The van der Waals surface area contributed by atoms with Crippen LogP contribution in [0.5, 0.6) is 5.75 Å². The molecule has 0 bridgehead atoms. The molecule has 31 heavy (non-hydrogen) atoms. The summed E-state index contributed by atoms with van der Waals surface area (Å²) in [5.41, 5.74) is 3.01. The van der Waals surface area contributed by atoms with Crippen molar-refractivity contribution in [2.75, 3.05) is 25.1 Å². The zero-order chi connectivity index (χ0) is 21.2. The lowest BCUT2D eigenvalue weighted by atomic mass is 10.1. The van der Waals surface area contributed by atoms with E-state index in [9.17, 15) is 4.79 Å². The van der Waals surface area contributed by atoms with Gasteiger partial charge in [-0.1, -0.05) is 30.3 Å². The van der Waals surface area contributed by atoms with Crippen LogP contribution in [0.1, 0.15) is 35.3 Å². The molecule has 0 spiro atoms. The number of pyridine rings is 1. The standard InChI is InChI=1S/C24H24N4O3/c1-30-24(29)21-22(31-15-17-8-4-2-5-9-17)19-11-10-18(27-12-6-3-7-13-27)14-20(19)23-25-16-26-28(21)23/h2,4-5,8-11,14,16H,3,6-7,12-13,15H2,1H3. The number of rotatable bonds is 5. The molecule has 0 radical (unpaired) electrons. The largest absolute Gasteiger partial charge is 0.486 e. The minimum absolute atomic E-state index is 0.240. The number of carbonyl (C=O) groups is 1. The molecule has 158 valence electrons. The van der Waals surface area contributed by atoms with E-state index in [-0.39, 0.29) is 5.69 Å². The Kier molecular flexibility index (Phi) is 5.16. The number of carbonyl (C=O) groups excluding carboxylic acids is 1. The average Bonchev–Trinajstić information content (AvgIpc) is 3.32. The Balaban J connectivity index is 1.67. The second-order valence-electron chi connectivity index (χ2n) is 7.72. The molecule has 0 atom stereocenters. The average molecular weight is 416 g/mol. The summed E-state index contributed by atoms with van der Waals surface area (Å²) >= 11 is 0. The number of piperidine rings is 1. The molecule has 7 nitrogen and oxygen atoms in total. The Hall–Kier alpha value is -3.61. The van der Waals surface area contributed by atoms with Crippen LogP contribution < -0.4 is 9.64 Å². The molecule has 1 aliphatic heterocycles. The maximum atomic E-state index is 12.7. The zero-order valence-corrected chi connectivity index (χ0v) is 17.5. The molecule has 3 heterocycles. The Morgan fingerprint density at radius 2 is 1.84 bits per heavy atom. The van der Waals surface area contributed by atoms with Crippen LogP contribution in [0.3, 0.4) is 0 Å². The van der Waals surface area contributed by atoms with E-state index in [1.165, 1.54) is 37.2 Å². The first kappa shape index (κ1) is 19.4. The Bertz CT molecular complexity index is 1230. The van der Waals surface area contributed by atoms with Crippen molar-refractivity contribution in [3.05, 3.63) is 66.1 Å². The normalized spacial score (nSPS) is 14.2. The van der Waals surface area contributed by atoms with Gasteiger partial charge < -0.3 is 14.4 Å². The fraction of sp³-hybridized carbons (Fsp3) is 0.292. The number of ether oxygens (including phenoxy) is 2. The smallest absolute Gasteiger partial charge is 0.360 e. The summed E-state index contributed by atoms with van der Waals surface area (Å²) in [7, 11) is 1.36. The van der Waals surface area contributed by atoms with Crippen LogP contribution in [-0.2, 0) is 11.3 Å². The van der Waals surface area contributed by atoms with Crippen molar-refractivity contribution >= 4 is 28.1 Å². The molecular weight excluding hydrogens is 392 g/mol. The van der Waals surface area contributed by atoms with Crippen LogP contribution in [0.15, 0.2) is 54.9 Å². The molecule has 1 aliphatic rings. The molecule has 4 aromatic rings. The highest BCUT2D eigenvalue weighted by atomic mass is 16.5. The lowest BCUT2D eigenvalue weighted by molar-refractivity contribution is 0.0585. The summed E-state index contributed by atoms with van der Waals surface area (Å²) in [5.74, 6) is -0.0607. The van der Waals surface area contributed by atoms with E-state index in [4.69, 9.17) is 9.47 Å². The maximum Gasteiger partial charge on any atom is 0.360 e. The first-order chi connectivity index (χ1) is 15.3. The summed E-state index contributed by atoms with van der Waals surface area (Å²) in [6.07, 6.45) is 5.13. The summed E-state index contributed by atoms with van der Waals surface area (Å²) in [6, 6.07) is 16.1. The van der Waals surface area contributed by atoms with Gasteiger partial charge in [-0.05, 0) is 43.0 Å². The number of anilines is 1. The van der Waals surface area contributed by atoms with E-state index in [1.54, 1.807) is 0 Å². The number of hydrogen-bond acceptors (Lipinski definition) is 6. The van der Waals surface area contributed by atoms with Crippen LogP contribution in [0, 0.1) is 0 Å². The van der Waals surface area contributed by atoms with E-state index in [1.807, 2.05) is 36.4 Å². The van der Waals surface area contributed by atoms with Crippen LogP contribution in [0.4, 0.5) is 5.69 Å². The SMILES string of the molecule is COC(=O)c1c(OCc2ccccc2)c2ccc(N3CCCCC3)cc2c2ncnn12. The number of hydrogen-bond donors (Lipinski definition) is 0. The van der Waals surface area contributed by atoms with Gasteiger partial charge in [-0.25, -0.2) is 14.3 Å². The highest BCUT2D eigenvalue weighted by molar-refractivity contribution is 6.06. The predicted octanol–water partition coefficient (Wildman–Crippen LogP) is 4.24. The number of aromatic nitrogens is 3. The molecule has 2 aromatic heterocycles. The van der Waals surface area contributed by atoms with Crippen molar-refractivity contribution in [2.24, 2.45) is 0 Å². The molecule has 2 aromatic carbocycles. The molecule has 1 saturated heterocycles. The van der Waals surface area contributed by atoms with Gasteiger partial charge in [0.15, 0.2) is 17.1 Å². The fourth-order valence-corrected chi connectivity index (χ4v) is 4.23. The van der Waals surface area contributed by atoms with Crippen LogP contribution in [0.25, 0.3) is 16.4 Å². The fourth-order valence-electron chi connectivity index (χ4n) is 4.23. The Morgan fingerprint density at radius 3 is 2.61 bits per heavy atom. The van der Waals surface area contributed by atoms with Crippen LogP contribution in [-0.4, -0.2) is 40.8 Å². The molecule has 0 unspecified atom stereocenters. The van der Waals surface area contributed by atoms with Gasteiger partial charge in [-0.3, -0.25) is 0 Å². The van der Waals surface area contributed by atoms with Crippen molar-refractivity contribution in [3.8, 4) is 5.75 Å². The van der Waals surface area contributed by atoms with Crippen molar-refractivity contribution in [2.45, 2.75) is 25.9 Å². The first-order valence-electron chi connectivity index (χ1n) is 10.6. The van der Waals surface area contributed by atoms with Gasteiger partial charge in [0, 0.05) is 29.5 Å².